The van der Waals surface area contributed by atoms with Gasteiger partial charge >= 0.3 is 0 Å². The highest BCUT2D eigenvalue weighted by molar-refractivity contribution is 6.13. The summed E-state index contributed by atoms with van der Waals surface area (Å²) < 4.78 is 4.87. The molecule has 0 atom stereocenters. The molecule has 12 rings (SSSR count). The second-order valence-corrected chi connectivity index (χ2v) is 16.9. The lowest BCUT2D eigenvalue weighted by molar-refractivity contribution is 0.661. The number of hydrogen-bond donors (Lipinski definition) is 0. The molecule has 2 aliphatic rings. The van der Waals surface area contributed by atoms with Gasteiger partial charge in [0, 0.05) is 38.3 Å². The molecule has 0 N–H and O–H groups in total. The summed E-state index contributed by atoms with van der Waals surface area (Å²) in [7, 11) is 0. The van der Waals surface area contributed by atoms with Crippen LogP contribution in [0.4, 0.5) is 0 Å². The highest BCUT2D eigenvalue weighted by atomic mass is 15.0. The van der Waals surface area contributed by atoms with Crippen molar-refractivity contribution in [2.75, 3.05) is 0 Å². The topological polar surface area (TPSA) is 9.86 Å². The highest BCUT2D eigenvalue weighted by Crippen LogP contribution is 2.51. The van der Waals surface area contributed by atoms with Gasteiger partial charge in [0.1, 0.15) is 0 Å². The molecule has 10 aromatic rings. The van der Waals surface area contributed by atoms with Crippen LogP contribution < -0.4 is 0 Å². The van der Waals surface area contributed by atoms with E-state index in [1.54, 1.807) is 0 Å². The fourth-order valence-electron chi connectivity index (χ4n) is 10.5. The number of hydrogen-bond acceptors (Lipinski definition) is 0. The molecule has 0 saturated heterocycles. The lowest BCUT2D eigenvalue weighted by atomic mass is 9.81. The first kappa shape index (κ1) is 34.6. The van der Waals surface area contributed by atoms with Gasteiger partial charge in [-0.1, -0.05) is 154 Å². The Morgan fingerprint density at radius 1 is 0.483 bits per heavy atom. The Morgan fingerprint density at radius 3 is 1.88 bits per heavy atom. The molecule has 8 aromatic carbocycles. The minimum Gasteiger partial charge on any atom is -0.309 e. The smallest absolute Gasteiger partial charge is 0.0544 e. The minimum absolute atomic E-state index is 0.0865. The van der Waals surface area contributed by atoms with Crippen LogP contribution in [0.15, 0.2) is 201 Å². The van der Waals surface area contributed by atoms with Crippen molar-refractivity contribution in [3.8, 4) is 33.6 Å². The van der Waals surface area contributed by atoms with Crippen LogP contribution in [0.25, 0.3) is 88.4 Å². The molecule has 0 amide bonds. The normalized spacial score (nSPS) is 14.8. The number of fused-ring (bicyclic) bond motifs is 12. The molecule has 0 unspecified atom stereocenters. The third-order valence-corrected chi connectivity index (χ3v) is 13.3. The van der Waals surface area contributed by atoms with Crippen LogP contribution in [0.3, 0.4) is 0 Å². The van der Waals surface area contributed by atoms with Crippen LogP contribution in [0, 0.1) is 0 Å². The molecule has 2 nitrogen and oxygen atoms in total. The molecule has 2 heteroatoms. The SMILES string of the molecule is C=C/C=C(\C=C1/Cc2ccc(-n3c4ccccc4c4ccccc43)cc2-c2ccccc21)c1ccc2c(c1)c1cc3c(cc1n2-c1ccccc1)C(C)(C)c1ccccc1-3. The summed E-state index contributed by atoms with van der Waals surface area (Å²) in [5.74, 6) is 0. The second kappa shape index (κ2) is 13.0. The van der Waals surface area contributed by atoms with E-state index in [0.717, 1.165) is 12.0 Å². The lowest BCUT2D eigenvalue weighted by Gasteiger charge is -2.24. The third kappa shape index (κ3) is 5.01. The van der Waals surface area contributed by atoms with Crippen molar-refractivity contribution in [2.45, 2.75) is 25.7 Å². The zero-order chi connectivity index (χ0) is 40.1. The van der Waals surface area contributed by atoms with E-state index in [4.69, 9.17) is 0 Å². The van der Waals surface area contributed by atoms with Gasteiger partial charge in [-0.2, -0.15) is 0 Å². The average molecular weight is 767 g/mol. The summed E-state index contributed by atoms with van der Waals surface area (Å²) in [6, 6.07) is 65.1. The second-order valence-electron chi connectivity index (χ2n) is 16.9. The van der Waals surface area contributed by atoms with Crippen molar-refractivity contribution in [1.82, 2.24) is 9.13 Å². The van der Waals surface area contributed by atoms with Crippen LogP contribution in [0.2, 0.25) is 0 Å². The molecule has 60 heavy (non-hydrogen) atoms. The Kier molecular flexibility index (Phi) is 7.52. The Bertz CT molecular complexity index is 3440. The van der Waals surface area contributed by atoms with Gasteiger partial charge in [0.15, 0.2) is 0 Å². The number of rotatable bonds is 5. The number of benzene rings is 8. The van der Waals surface area contributed by atoms with Gasteiger partial charge in [0.05, 0.1) is 22.1 Å². The Balaban J connectivity index is 1.00. The Labute approximate surface area is 350 Å². The van der Waals surface area contributed by atoms with Gasteiger partial charge in [-0.25, -0.2) is 0 Å². The molecule has 0 bridgehead atoms. The number of aromatic nitrogens is 2. The molecule has 284 valence electrons. The summed E-state index contributed by atoms with van der Waals surface area (Å²) in [6.07, 6.45) is 7.34. The minimum atomic E-state index is -0.0865. The molecule has 0 aliphatic heterocycles. The zero-order valence-corrected chi connectivity index (χ0v) is 33.8. The Morgan fingerprint density at radius 2 is 1.12 bits per heavy atom. The van der Waals surface area contributed by atoms with E-state index in [1.165, 1.54) is 111 Å². The number of nitrogens with zero attached hydrogens (tertiary/aromatic N) is 2. The van der Waals surface area contributed by atoms with Crippen molar-refractivity contribution in [3.05, 3.63) is 229 Å². The van der Waals surface area contributed by atoms with E-state index in [9.17, 15) is 0 Å². The van der Waals surface area contributed by atoms with Crippen molar-refractivity contribution >= 4 is 54.8 Å². The lowest BCUT2D eigenvalue weighted by Crippen LogP contribution is -2.14. The zero-order valence-electron chi connectivity index (χ0n) is 33.8. The summed E-state index contributed by atoms with van der Waals surface area (Å²) in [5, 5.41) is 5.07. The van der Waals surface area contributed by atoms with Crippen molar-refractivity contribution < 1.29 is 0 Å². The molecule has 0 saturated carbocycles. The first-order valence-corrected chi connectivity index (χ1v) is 21.0. The van der Waals surface area contributed by atoms with Crippen LogP contribution in [0.5, 0.6) is 0 Å². The molecular weight excluding hydrogens is 725 g/mol. The molecule has 0 radical (unpaired) electrons. The van der Waals surface area contributed by atoms with E-state index in [-0.39, 0.29) is 5.41 Å². The van der Waals surface area contributed by atoms with Crippen LogP contribution >= 0.6 is 0 Å². The summed E-state index contributed by atoms with van der Waals surface area (Å²) in [6.45, 7) is 8.92. The van der Waals surface area contributed by atoms with E-state index in [2.05, 4.69) is 218 Å². The monoisotopic (exact) mass is 766 g/mol. The van der Waals surface area contributed by atoms with Gasteiger partial charge < -0.3 is 9.13 Å². The van der Waals surface area contributed by atoms with Crippen molar-refractivity contribution in [1.29, 1.82) is 0 Å². The van der Waals surface area contributed by atoms with Gasteiger partial charge in [0.2, 0.25) is 0 Å². The van der Waals surface area contributed by atoms with Crippen LogP contribution in [-0.4, -0.2) is 9.13 Å². The first-order valence-electron chi connectivity index (χ1n) is 21.0. The van der Waals surface area contributed by atoms with E-state index < -0.39 is 0 Å². The molecule has 0 spiro atoms. The van der Waals surface area contributed by atoms with Crippen LogP contribution in [0.1, 0.15) is 41.7 Å². The molecular formula is C58H42N2. The van der Waals surface area contributed by atoms with Crippen molar-refractivity contribution in [2.24, 2.45) is 0 Å². The summed E-state index contributed by atoms with van der Waals surface area (Å²) >= 11 is 0. The standard InChI is InChI=1S/C58H42N2/c1-4-16-37(31-40-32-39-27-29-42(34-48(39)44-20-9-8-19-43(40)44)60-54-25-14-11-22-46(54)47-23-12-15-26-55(47)60)38-28-30-56-50(33-38)51-35-49-45-21-10-13-24-52(45)58(2,3)53(49)36-57(51)59(56)41-17-6-5-7-18-41/h4-31,33-36H,1,32H2,2-3H3/b37-16+,40-31+. The van der Waals surface area contributed by atoms with Crippen LogP contribution in [-0.2, 0) is 11.8 Å². The maximum Gasteiger partial charge on any atom is 0.0544 e. The van der Waals surface area contributed by atoms with Gasteiger partial charge in [-0.05, 0) is 128 Å². The quantitative estimate of drug-likeness (QED) is 0.154. The molecule has 2 heterocycles. The largest absolute Gasteiger partial charge is 0.309 e. The predicted octanol–water partition coefficient (Wildman–Crippen LogP) is 15.1. The molecule has 2 aromatic heterocycles. The number of allylic oxidation sites excluding steroid dienone is 5. The molecule has 0 fully saturated rings. The van der Waals surface area contributed by atoms with Crippen molar-refractivity contribution in [3.63, 3.8) is 0 Å². The van der Waals surface area contributed by atoms with E-state index >= 15 is 0 Å². The average Bonchev–Trinajstić information content (AvgIpc) is 3.88. The third-order valence-electron chi connectivity index (χ3n) is 13.3. The van der Waals surface area contributed by atoms with E-state index in [0.29, 0.717) is 0 Å². The first-order chi connectivity index (χ1) is 29.5. The predicted molar refractivity (Wildman–Crippen MR) is 254 cm³/mol. The fourth-order valence-corrected chi connectivity index (χ4v) is 10.5. The Hall–Kier alpha value is -7.42. The van der Waals surface area contributed by atoms with E-state index in [1.807, 2.05) is 6.08 Å². The van der Waals surface area contributed by atoms with Gasteiger partial charge in [0.25, 0.3) is 0 Å². The highest BCUT2D eigenvalue weighted by Gasteiger charge is 2.36. The maximum atomic E-state index is 4.19. The summed E-state index contributed by atoms with van der Waals surface area (Å²) in [5.41, 5.74) is 21.4. The summed E-state index contributed by atoms with van der Waals surface area (Å²) in [4.78, 5) is 0. The van der Waals surface area contributed by atoms with Gasteiger partial charge in [-0.3, -0.25) is 0 Å². The maximum absolute atomic E-state index is 4.19. The fraction of sp³-hybridized carbons (Fsp3) is 0.0690. The molecule has 2 aliphatic carbocycles. The number of para-hydroxylation sites is 3. The van der Waals surface area contributed by atoms with Gasteiger partial charge in [-0.15, -0.1) is 0 Å².